The van der Waals surface area contributed by atoms with Gasteiger partial charge in [0, 0.05) is 12.8 Å². The van der Waals surface area contributed by atoms with Crippen LogP contribution >= 0.6 is 0 Å². The van der Waals surface area contributed by atoms with Crippen LogP contribution < -0.4 is 0 Å². The Morgan fingerprint density at radius 3 is 1.45 bits per heavy atom. The van der Waals surface area contributed by atoms with Crippen molar-refractivity contribution in [3.05, 3.63) is 0 Å². The molecule has 2 aliphatic carbocycles. The maximum absolute atomic E-state index is 12.4. The predicted molar refractivity (Wildman–Crippen MR) is 116 cm³/mol. The van der Waals surface area contributed by atoms with Crippen LogP contribution in [0.3, 0.4) is 0 Å². The van der Waals surface area contributed by atoms with Crippen LogP contribution in [0.5, 0.6) is 0 Å². The van der Waals surface area contributed by atoms with E-state index >= 15 is 0 Å². The molecule has 0 aromatic rings. The first-order valence-corrected chi connectivity index (χ1v) is 12.1. The van der Waals surface area contributed by atoms with E-state index in [-0.39, 0.29) is 24.1 Å². The van der Waals surface area contributed by atoms with Crippen LogP contribution in [-0.2, 0) is 19.1 Å². The highest BCUT2D eigenvalue weighted by Gasteiger charge is 2.34. The molecule has 0 aromatic heterocycles. The molecule has 2 saturated carbocycles. The Morgan fingerprint density at radius 2 is 1.10 bits per heavy atom. The number of hydrogen-bond acceptors (Lipinski definition) is 4. The summed E-state index contributed by atoms with van der Waals surface area (Å²) in [6.45, 7) is 13.3. The normalized spacial score (nSPS) is 33.0. The molecule has 0 heterocycles. The molecule has 0 radical (unpaired) electrons. The summed E-state index contributed by atoms with van der Waals surface area (Å²) in [5, 5.41) is 0. The topological polar surface area (TPSA) is 52.6 Å². The smallest absolute Gasteiger partial charge is 0.306 e. The maximum Gasteiger partial charge on any atom is 0.306 e. The van der Waals surface area contributed by atoms with E-state index in [1.807, 2.05) is 0 Å². The van der Waals surface area contributed by atoms with Crippen LogP contribution in [0, 0.1) is 35.5 Å². The lowest BCUT2D eigenvalue weighted by Crippen LogP contribution is -2.36. The van der Waals surface area contributed by atoms with Gasteiger partial charge in [-0.15, -0.1) is 0 Å². The lowest BCUT2D eigenvalue weighted by atomic mass is 9.75. The fraction of sp³-hybridized carbons (Fsp3) is 0.920. The van der Waals surface area contributed by atoms with Crippen molar-refractivity contribution in [2.75, 3.05) is 0 Å². The molecule has 2 rings (SSSR count). The van der Waals surface area contributed by atoms with Gasteiger partial charge in [-0.2, -0.15) is 0 Å². The van der Waals surface area contributed by atoms with Gasteiger partial charge in [0.2, 0.25) is 0 Å². The fourth-order valence-electron chi connectivity index (χ4n) is 5.33. The van der Waals surface area contributed by atoms with Gasteiger partial charge in [-0.25, -0.2) is 0 Å². The minimum Gasteiger partial charge on any atom is -0.462 e. The summed E-state index contributed by atoms with van der Waals surface area (Å²) < 4.78 is 11.7. The molecule has 0 aromatic carbocycles. The Balaban J connectivity index is 1.74. The summed E-state index contributed by atoms with van der Waals surface area (Å²) in [6.07, 6.45) is 7.85. The number of esters is 2. The van der Waals surface area contributed by atoms with Crippen molar-refractivity contribution in [1.29, 1.82) is 0 Å². The predicted octanol–water partition coefficient (Wildman–Crippen LogP) is 6.16. The van der Waals surface area contributed by atoms with Crippen LogP contribution in [0.1, 0.15) is 99.3 Å². The molecule has 4 heteroatoms. The van der Waals surface area contributed by atoms with E-state index in [4.69, 9.17) is 9.47 Å². The van der Waals surface area contributed by atoms with Crippen molar-refractivity contribution in [3.8, 4) is 0 Å². The summed E-state index contributed by atoms with van der Waals surface area (Å²) >= 11 is 0. The third kappa shape index (κ3) is 7.61. The molecule has 4 nitrogen and oxygen atoms in total. The van der Waals surface area contributed by atoms with Crippen LogP contribution in [0.2, 0.25) is 0 Å². The van der Waals surface area contributed by atoms with Crippen molar-refractivity contribution >= 4 is 11.9 Å². The molecule has 0 aliphatic heterocycles. The molecule has 0 bridgehead atoms. The van der Waals surface area contributed by atoms with E-state index in [0.717, 1.165) is 25.7 Å². The van der Waals surface area contributed by atoms with Gasteiger partial charge in [0.1, 0.15) is 12.2 Å². The molecule has 168 valence electrons. The van der Waals surface area contributed by atoms with E-state index in [2.05, 4.69) is 41.5 Å². The van der Waals surface area contributed by atoms with Crippen LogP contribution in [-0.4, -0.2) is 24.1 Å². The third-order valence-corrected chi connectivity index (χ3v) is 7.25. The van der Waals surface area contributed by atoms with Gasteiger partial charge in [-0.1, -0.05) is 54.4 Å². The highest BCUT2D eigenvalue weighted by atomic mass is 16.5. The molecule has 29 heavy (non-hydrogen) atoms. The second kappa shape index (κ2) is 11.4. The number of rotatable bonds is 8. The molecular formula is C25H44O4. The van der Waals surface area contributed by atoms with Crippen LogP contribution in [0.4, 0.5) is 0 Å². The van der Waals surface area contributed by atoms with Gasteiger partial charge in [0.25, 0.3) is 0 Å². The summed E-state index contributed by atoms with van der Waals surface area (Å²) in [4.78, 5) is 24.7. The molecule has 0 N–H and O–H groups in total. The molecule has 0 saturated heterocycles. The second-order valence-electron chi connectivity index (χ2n) is 10.6. The van der Waals surface area contributed by atoms with E-state index < -0.39 is 0 Å². The van der Waals surface area contributed by atoms with E-state index in [1.165, 1.54) is 12.8 Å². The van der Waals surface area contributed by atoms with Gasteiger partial charge in [-0.05, 0) is 67.6 Å². The maximum atomic E-state index is 12.4. The van der Waals surface area contributed by atoms with E-state index in [1.54, 1.807) is 0 Å². The number of hydrogen-bond donors (Lipinski definition) is 0. The number of carbonyl (C=O) groups excluding carboxylic acids is 2. The third-order valence-electron chi connectivity index (χ3n) is 7.25. The highest BCUT2D eigenvalue weighted by molar-refractivity contribution is 5.72. The minimum absolute atomic E-state index is 0.0359. The lowest BCUT2D eigenvalue weighted by molar-refractivity contribution is -0.157. The Bertz CT molecular complexity index is 481. The monoisotopic (exact) mass is 408 g/mol. The highest BCUT2D eigenvalue weighted by Crippen LogP contribution is 2.36. The van der Waals surface area contributed by atoms with Crippen molar-refractivity contribution in [2.45, 2.75) is 112 Å². The first-order chi connectivity index (χ1) is 13.7. The Kier molecular flexibility index (Phi) is 9.49. The van der Waals surface area contributed by atoms with Gasteiger partial charge in [0.15, 0.2) is 0 Å². The molecule has 2 aliphatic rings. The molecule has 0 unspecified atom stereocenters. The zero-order valence-electron chi connectivity index (χ0n) is 19.6. The lowest BCUT2D eigenvalue weighted by Gasteiger charge is -2.37. The summed E-state index contributed by atoms with van der Waals surface area (Å²) in [5.41, 5.74) is 0. The van der Waals surface area contributed by atoms with Crippen LogP contribution in [0.15, 0.2) is 0 Å². The van der Waals surface area contributed by atoms with Crippen molar-refractivity contribution in [3.63, 3.8) is 0 Å². The second-order valence-corrected chi connectivity index (χ2v) is 10.6. The number of ether oxygens (including phenoxy) is 2. The summed E-state index contributed by atoms with van der Waals surface area (Å²) in [6, 6.07) is 0. The fourth-order valence-corrected chi connectivity index (χ4v) is 5.33. The SMILES string of the molecule is CC(C)[C@H]1CC[C@H](C)C[C@@H]1OC(=O)CCCC(=O)O[C@H]1C[C@@H](C)CC[C@@H]1C(C)C. The molecule has 0 spiro atoms. The quantitative estimate of drug-likeness (QED) is 0.451. The average molecular weight is 409 g/mol. The van der Waals surface area contributed by atoms with Gasteiger partial charge < -0.3 is 9.47 Å². The molecule has 0 amide bonds. The van der Waals surface area contributed by atoms with Gasteiger partial charge in [0.05, 0.1) is 0 Å². The summed E-state index contributed by atoms with van der Waals surface area (Å²) in [5.74, 6) is 2.89. The van der Waals surface area contributed by atoms with Crippen LogP contribution in [0.25, 0.3) is 0 Å². The largest absolute Gasteiger partial charge is 0.462 e. The van der Waals surface area contributed by atoms with Crippen molar-refractivity contribution < 1.29 is 19.1 Å². The summed E-state index contributed by atoms with van der Waals surface area (Å²) in [7, 11) is 0. The Hall–Kier alpha value is -1.06. The van der Waals surface area contributed by atoms with Crippen molar-refractivity contribution in [2.24, 2.45) is 35.5 Å². The first-order valence-electron chi connectivity index (χ1n) is 12.1. The van der Waals surface area contributed by atoms with E-state index in [0.29, 0.717) is 54.8 Å². The average Bonchev–Trinajstić information content (AvgIpc) is 2.61. The van der Waals surface area contributed by atoms with Gasteiger partial charge >= 0.3 is 11.9 Å². The zero-order chi connectivity index (χ0) is 21.6. The minimum atomic E-state index is -0.158. The molecular weight excluding hydrogens is 364 g/mol. The van der Waals surface area contributed by atoms with Gasteiger partial charge in [-0.3, -0.25) is 9.59 Å². The Morgan fingerprint density at radius 1 is 0.724 bits per heavy atom. The van der Waals surface area contributed by atoms with Crippen molar-refractivity contribution in [1.82, 2.24) is 0 Å². The molecule has 6 atom stereocenters. The standard InChI is InChI=1S/C25H44O4/c1-16(2)20-12-10-18(5)14-22(20)28-24(26)8-7-9-25(27)29-23-15-19(6)11-13-21(23)17(3)4/h16-23H,7-15H2,1-6H3/t18-,19-,20+,21+,22-,23-/m0/s1. The van der Waals surface area contributed by atoms with E-state index in [9.17, 15) is 9.59 Å². The molecule has 2 fully saturated rings. The Labute approximate surface area is 178 Å². The zero-order valence-corrected chi connectivity index (χ0v) is 19.6. The number of carbonyl (C=O) groups is 2. The first kappa shape index (κ1) is 24.2.